The van der Waals surface area contributed by atoms with E-state index in [2.05, 4.69) is 22.1 Å². The summed E-state index contributed by atoms with van der Waals surface area (Å²) in [4.78, 5) is 18.2. The van der Waals surface area contributed by atoms with Crippen molar-refractivity contribution < 1.29 is 9.90 Å². The molecule has 7 nitrogen and oxygen atoms in total. The third-order valence-electron chi connectivity index (χ3n) is 4.15. The Bertz CT molecular complexity index is 696. The van der Waals surface area contributed by atoms with Gasteiger partial charge in [-0.2, -0.15) is 0 Å². The summed E-state index contributed by atoms with van der Waals surface area (Å²) in [6.07, 6.45) is 3.28. The van der Waals surface area contributed by atoms with Crippen molar-refractivity contribution in [2.75, 3.05) is 0 Å². The molecule has 1 unspecified atom stereocenters. The van der Waals surface area contributed by atoms with Crippen LogP contribution in [0.25, 0.3) is 0 Å². The van der Waals surface area contributed by atoms with Gasteiger partial charge in [-0.15, -0.1) is 21.5 Å². The van der Waals surface area contributed by atoms with E-state index in [9.17, 15) is 9.90 Å². The first kappa shape index (κ1) is 16.1. The molecule has 23 heavy (non-hydrogen) atoms. The minimum atomic E-state index is -0.815. The van der Waals surface area contributed by atoms with Gasteiger partial charge in [0, 0.05) is 11.9 Å². The first-order valence-electron chi connectivity index (χ1n) is 7.87. The van der Waals surface area contributed by atoms with Crippen LogP contribution in [0, 0.1) is 6.92 Å². The second kappa shape index (κ2) is 6.76. The molecule has 3 heterocycles. The first-order valence-corrected chi connectivity index (χ1v) is 8.75. The molecule has 0 saturated heterocycles. The molecule has 124 valence electrons. The second-order valence-electron chi connectivity index (χ2n) is 5.87. The van der Waals surface area contributed by atoms with Crippen LogP contribution < -0.4 is 0 Å². The minimum Gasteiger partial charge on any atom is -0.480 e. The molecular formula is C15H21N5O2S. The van der Waals surface area contributed by atoms with Crippen molar-refractivity contribution in [2.45, 2.75) is 58.8 Å². The number of hydrogen-bond donors (Lipinski definition) is 1. The van der Waals surface area contributed by atoms with Crippen molar-refractivity contribution in [3.8, 4) is 0 Å². The molecule has 1 aliphatic rings. The Morgan fingerprint density at radius 3 is 3.04 bits per heavy atom. The van der Waals surface area contributed by atoms with Crippen LogP contribution in [0.3, 0.4) is 0 Å². The summed E-state index contributed by atoms with van der Waals surface area (Å²) in [5.41, 5.74) is 0.942. The molecule has 3 rings (SSSR count). The largest absolute Gasteiger partial charge is 0.480 e. The zero-order chi connectivity index (χ0) is 16.4. The van der Waals surface area contributed by atoms with Gasteiger partial charge < -0.3 is 9.67 Å². The monoisotopic (exact) mass is 335 g/mol. The number of carboxylic acids is 1. The average molecular weight is 335 g/mol. The maximum atomic E-state index is 11.6. The van der Waals surface area contributed by atoms with Crippen LogP contribution in [0.1, 0.15) is 42.1 Å². The van der Waals surface area contributed by atoms with E-state index in [1.807, 2.05) is 21.8 Å². The summed E-state index contributed by atoms with van der Waals surface area (Å²) >= 11 is 1.66. The highest BCUT2D eigenvalue weighted by molar-refractivity contribution is 7.09. The topological polar surface area (TPSA) is 84.1 Å². The molecule has 8 heteroatoms. The Labute approximate surface area is 139 Å². The van der Waals surface area contributed by atoms with Crippen LogP contribution in [0.2, 0.25) is 0 Å². The number of unbranched alkanes of at least 4 members (excludes halogenated alkanes) is 1. The maximum absolute atomic E-state index is 11.6. The molecular weight excluding hydrogens is 314 g/mol. The van der Waals surface area contributed by atoms with Gasteiger partial charge in [0.05, 0.1) is 23.8 Å². The molecule has 0 aromatic carbocycles. The summed E-state index contributed by atoms with van der Waals surface area (Å²) < 4.78 is 1.89. The quantitative estimate of drug-likeness (QED) is 0.867. The fourth-order valence-corrected chi connectivity index (χ4v) is 3.66. The summed E-state index contributed by atoms with van der Waals surface area (Å²) in [6, 6.07) is -0.571. The van der Waals surface area contributed by atoms with Gasteiger partial charge in [0.1, 0.15) is 17.7 Å². The normalized spacial score (nSPS) is 18.1. The van der Waals surface area contributed by atoms with Gasteiger partial charge >= 0.3 is 5.97 Å². The number of carboxylic acid groups (broad SMARTS) is 1. The number of hydrogen-bond acceptors (Lipinski definition) is 6. The lowest BCUT2D eigenvalue weighted by atomic mass is 10.1. The molecule has 0 radical (unpaired) electrons. The lowest BCUT2D eigenvalue weighted by Crippen LogP contribution is -2.47. The zero-order valence-electron chi connectivity index (χ0n) is 13.4. The van der Waals surface area contributed by atoms with Crippen LogP contribution >= 0.6 is 11.3 Å². The fraction of sp³-hybridized carbons (Fsp3) is 0.600. The molecule has 0 fully saturated rings. The number of carbonyl (C=O) groups is 1. The van der Waals surface area contributed by atoms with E-state index in [1.54, 1.807) is 11.3 Å². The minimum absolute atomic E-state index is 0.385. The first-order chi connectivity index (χ1) is 11.1. The van der Waals surface area contributed by atoms with Gasteiger partial charge in [0.15, 0.2) is 0 Å². The van der Waals surface area contributed by atoms with E-state index >= 15 is 0 Å². The Balaban J connectivity index is 1.75. The molecule has 1 atom stereocenters. The maximum Gasteiger partial charge on any atom is 0.322 e. The highest BCUT2D eigenvalue weighted by Gasteiger charge is 2.33. The van der Waals surface area contributed by atoms with E-state index in [0.717, 1.165) is 41.6 Å². The average Bonchev–Trinajstić information content (AvgIpc) is 3.11. The number of aryl methyl sites for hydroxylation is 2. The molecule has 1 aliphatic heterocycles. The van der Waals surface area contributed by atoms with Crippen molar-refractivity contribution in [3.63, 3.8) is 0 Å². The molecule has 0 spiro atoms. The van der Waals surface area contributed by atoms with Crippen molar-refractivity contribution >= 4 is 17.3 Å². The predicted octanol–water partition coefficient (Wildman–Crippen LogP) is 1.85. The molecule has 0 saturated carbocycles. The summed E-state index contributed by atoms with van der Waals surface area (Å²) in [5.74, 6) is 0.771. The smallest absolute Gasteiger partial charge is 0.322 e. The van der Waals surface area contributed by atoms with Gasteiger partial charge in [0.25, 0.3) is 0 Å². The molecule has 2 aromatic heterocycles. The second-order valence-corrected chi connectivity index (χ2v) is 6.81. The molecule has 0 bridgehead atoms. The van der Waals surface area contributed by atoms with E-state index in [0.29, 0.717) is 19.6 Å². The molecule has 0 amide bonds. The zero-order valence-corrected chi connectivity index (χ0v) is 14.2. The molecule has 0 aliphatic carbocycles. The summed E-state index contributed by atoms with van der Waals surface area (Å²) in [5, 5.41) is 20.9. The summed E-state index contributed by atoms with van der Waals surface area (Å²) in [6.45, 7) is 5.42. The Kier molecular flexibility index (Phi) is 4.72. The van der Waals surface area contributed by atoms with Gasteiger partial charge in [-0.25, -0.2) is 4.98 Å². The highest BCUT2D eigenvalue weighted by Crippen LogP contribution is 2.22. The third kappa shape index (κ3) is 3.42. The third-order valence-corrected chi connectivity index (χ3v) is 5.10. The molecule has 2 aromatic rings. The van der Waals surface area contributed by atoms with Crippen LogP contribution in [-0.2, 0) is 30.8 Å². The standard InChI is InChI=1S/C15H21N5O2S/c1-3-4-5-14-16-11(9-23-14)6-19-8-13-18-17-10(2)20(13)7-12(19)15(21)22/h9,12H,3-8H2,1-2H3,(H,21,22). The van der Waals surface area contributed by atoms with E-state index < -0.39 is 12.0 Å². The molecule has 1 N–H and O–H groups in total. The van der Waals surface area contributed by atoms with Crippen LogP contribution in [0.15, 0.2) is 5.38 Å². The number of rotatable bonds is 6. The van der Waals surface area contributed by atoms with Crippen molar-refractivity contribution in [1.29, 1.82) is 0 Å². The Morgan fingerprint density at radius 2 is 2.30 bits per heavy atom. The summed E-state index contributed by atoms with van der Waals surface area (Å²) in [7, 11) is 0. The van der Waals surface area contributed by atoms with E-state index in [4.69, 9.17) is 0 Å². The number of thiazole rings is 1. The van der Waals surface area contributed by atoms with E-state index in [1.165, 1.54) is 0 Å². The van der Waals surface area contributed by atoms with Crippen molar-refractivity contribution in [2.24, 2.45) is 0 Å². The van der Waals surface area contributed by atoms with Crippen molar-refractivity contribution in [1.82, 2.24) is 24.6 Å². The van der Waals surface area contributed by atoms with Gasteiger partial charge in [-0.05, 0) is 19.8 Å². The Morgan fingerprint density at radius 1 is 1.48 bits per heavy atom. The predicted molar refractivity (Wildman–Crippen MR) is 86.2 cm³/mol. The number of aliphatic carboxylic acids is 1. The number of aromatic nitrogens is 4. The lowest BCUT2D eigenvalue weighted by molar-refractivity contribution is -0.145. The van der Waals surface area contributed by atoms with Crippen LogP contribution in [0.5, 0.6) is 0 Å². The van der Waals surface area contributed by atoms with Crippen LogP contribution in [0.4, 0.5) is 0 Å². The van der Waals surface area contributed by atoms with Gasteiger partial charge in [0.2, 0.25) is 0 Å². The Hall–Kier alpha value is -1.80. The number of fused-ring (bicyclic) bond motifs is 1. The van der Waals surface area contributed by atoms with E-state index in [-0.39, 0.29) is 0 Å². The lowest BCUT2D eigenvalue weighted by Gasteiger charge is -2.32. The van der Waals surface area contributed by atoms with Gasteiger partial charge in [-0.3, -0.25) is 9.69 Å². The van der Waals surface area contributed by atoms with Crippen LogP contribution in [-0.4, -0.2) is 41.8 Å². The van der Waals surface area contributed by atoms with Gasteiger partial charge in [-0.1, -0.05) is 13.3 Å². The number of nitrogens with zero attached hydrogens (tertiary/aromatic N) is 5. The fourth-order valence-electron chi connectivity index (χ4n) is 2.83. The van der Waals surface area contributed by atoms with Crippen molar-refractivity contribution in [3.05, 3.63) is 27.7 Å². The SMILES string of the molecule is CCCCc1nc(CN2Cc3nnc(C)n3CC2C(=O)O)cs1. The highest BCUT2D eigenvalue weighted by atomic mass is 32.1.